The average molecular weight is 352 g/mol. The topological polar surface area (TPSA) is 102 Å². The lowest BCUT2D eigenvalue weighted by atomic mass is 10.2. The quantitative estimate of drug-likeness (QED) is 0.708. The highest BCUT2D eigenvalue weighted by atomic mass is 32.2. The molecule has 1 aromatic carbocycles. The van der Waals surface area contributed by atoms with Crippen molar-refractivity contribution in [1.82, 2.24) is 4.72 Å². The van der Waals surface area contributed by atoms with E-state index in [1.807, 2.05) is 0 Å². The number of hydrogen-bond acceptors (Lipinski definition) is 6. The Morgan fingerprint density at radius 3 is 2.18 bits per heavy atom. The van der Waals surface area contributed by atoms with Gasteiger partial charge in [0.05, 0.1) is 32.4 Å². The molecule has 0 saturated heterocycles. The SMILES string of the molecule is COc1ccc(N(CCNS(C)(=O)=O)S(C)(=O)=O)c(OC)c1. The molecule has 0 unspecified atom stereocenters. The van der Waals surface area contributed by atoms with E-state index < -0.39 is 20.0 Å². The summed E-state index contributed by atoms with van der Waals surface area (Å²) >= 11 is 0. The zero-order valence-corrected chi connectivity index (χ0v) is 14.5. The molecule has 0 atom stereocenters. The van der Waals surface area contributed by atoms with Crippen molar-refractivity contribution in [1.29, 1.82) is 0 Å². The van der Waals surface area contributed by atoms with Crippen molar-refractivity contribution >= 4 is 25.7 Å². The molecular formula is C12H20N2O6S2. The molecule has 0 aliphatic rings. The van der Waals surface area contributed by atoms with E-state index in [0.717, 1.165) is 16.8 Å². The molecule has 8 nitrogen and oxygen atoms in total. The molecular weight excluding hydrogens is 332 g/mol. The summed E-state index contributed by atoms with van der Waals surface area (Å²) in [5, 5.41) is 0. The number of rotatable bonds is 8. The Morgan fingerprint density at radius 1 is 1.09 bits per heavy atom. The molecule has 22 heavy (non-hydrogen) atoms. The maximum Gasteiger partial charge on any atom is 0.232 e. The van der Waals surface area contributed by atoms with E-state index in [2.05, 4.69) is 4.72 Å². The highest BCUT2D eigenvalue weighted by Gasteiger charge is 2.21. The second-order valence-corrected chi connectivity index (χ2v) is 8.28. The normalized spacial score (nSPS) is 12.0. The molecule has 0 amide bonds. The van der Waals surface area contributed by atoms with Crippen LogP contribution in [0.3, 0.4) is 0 Å². The summed E-state index contributed by atoms with van der Waals surface area (Å²) in [6, 6.07) is 4.69. The van der Waals surface area contributed by atoms with E-state index in [1.54, 1.807) is 18.2 Å². The van der Waals surface area contributed by atoms with E-state index in [9.17, 15) is 16.8 Å². The number of methoxy groups -OCH3 is 2. The molecule has 0 heterocycles. The summed E-state index contributed by atoms with van der Waals surface area (Å²) in [5.41, 5.74) is 0.307. The minimum absolute atomic E-state index is 0.0545. The molecule has 0 bridgehead atoms. The van der Waals surface area contributed by atoms with E-state index >= 15 is 0 Å². The van der Waals surface area contributed by atoms with Crippen molar-refractivity contribution in [3.63, 3.8) is 0 Å². The van der Waals surface area contributed by atoms with Crippen molar-refractivity contribution in [3.8, 4) is 11.5 Å². The second-order valence-electron chi connectivity index (χ2n) is 4.54. The minimum Gasteiger partial charge on any atom is -0.497 e. The van der Waals surface area contributed by atoms with Gasteiger partial charge in [-0.1, -0.05) is 0 Å². The number of anilines is 1. The first-order valence-electron chi connectivity index (χ1n) is 6.23. The lowest BCUT2D eigenvalue weighted by Crippen LogP contribution is -2.38. The molecule has 0 aromatic heterocycles. The van der Waals surface area contributed by atoms with Crippen LogP contribution in [0.2, 0.25) is 0 Å². The summed E-state index contributed by atoms with van der Waals surface area (Å²) in [7, 11) is -4.11. The van der Waals surface area contributed by atoms with Crippen LogP contribution in [0.4, 0.5) is 5.69 Å². The fourth-order valence-electron chi connectivity index (χ4n) is 1.79. The molecule has 0 spiro atoms. The molecule has 1 rings (SSSR count). The third-order valence-electron chi connectivity index (χ3n) is 2.74. The molecule has 1 N–H and O–H groups in total. The number of ether oxygens (including phenoxy) is 2. The molecule has 0 aliphatic heterocycles. The van der Waals surface area contributed by atoms with Gasteiger partial charge in [0, 0.05) is 19.2 Å². The summed E-state index contributed by atoms with van der Waals surface area (Å²) in [5.74, 6) is 0.826. The van der Waals surface area contributed by atoms with E-state index in [-0.39, 0.29) is 13.1 Å². The Morgan fingerprint density at radius 2 is 1.73 bits per heavy atom. The van der Waals surface area contributed by atoms with Gasteiger partial charge in [0.2, 0.25) is 20.0 Å². The van der Waals surface area contributed by atoms with E-state index in [0.29, 0.717) is 17.2 Å². The van der Waals surface area contributed by atoms with Crippen LogP contribution >= 0.6 is 0 Å². The van der Waals surface area contributed by atoms with Crippen LogP contribution in [0.25, 0.3) is 0 Å². The Labute approximate surface area is 131 Å². The molecule has 10 heteroatoms. The van der Waals surface area contributed by atoms with Crippen molar-refractivity contribution in [2.45, 2.75) is 0 Å². The van der Waals surface area contributed by atoms with Gasteiger partial charge in [-0.15, -0.1) is 0 Å². The first kappa shape index (κ1) is 18.5. The van der Waals surface area contributed by atoms with Gasteiger partial charge in [0.1, 0.15) is 11.5 Å². The third-order valence-corrected chi connectivity index (χ3v) is 4.64. The van der Waals surface area contributed by atoms with Gasteiger partial charge in [-0.05, 0) is 12.1 Å². The first-order chi connectivity index (χ1) is 10.1. The van der Waals surface area contributed by atoms with E-state index in [1.165, 1.54) is 14.2 Å². The number of nitrogens with zero attached hydrogens (tertiary/aromatic N) is 1. The van der Waals surface area contributed by atoms with Crippen LogP contribution in [0, 0.1) is 0 Å². The van der Waals surface area contributed by atoms with Crippen LogP contribution < -0.4 is 18.5 Å². The van der Waals surface area contributed by atoms with Crippen LogP contribution in [0.5, 0.6) is 11.5 Å². The van der Waals surface area contributed by atoms with Gasteiger partial charge < -0.3 is 9.47 Å². The summed E-state index contributed by atoms with van der Waals surface area (Å²) in [6.45, 7) is -0.115. The molecule has 126 valence electrons. The Hall–Kier alpha value is -1.52. The fourth-order valence-corrected chi connectivity index (χ4v) is 3.18. The summed E-state index contributed by atoms with van der Waals surface area (Å²) in [4.78, 5) is 0. The minimum atomic E-state index is -3.61. The molecule has 0 aliphatic carbocycles. The zero-order chi connectivity index (χ0) is 17.0. The van der Waals surface area contributed by atoms with Crippen LogP contribution in [-0.2, 0) is 20.0 Å². The maximum absolute atomic E-state index is 12.0. The van der Waals surface area contributed by atoms with Gasteiger partial charge in [0.25, 0.3) is 0 Å². The summed E-state index contributed by atoms with van der Waals surface area (Å²) < 4.78 is 59.7. The Kier molecular flexibility index (Phi) is 6.03. The Balaban J connectivity index is 3.13. The lowest BCUT2D eigenvalue weighted by Gasteiger charge is -2.24. The van der Waals surface area contributed by atoms with Crippen molar-refractivity contribution in [2.75, 3.05) is 44.1 Å². The van der Waals surface area contributed by atoms with Crippen LogP contribution in [-0.4, -0.2) is 56.7 Å². The van der Waals surface area contributed by atoms with Crippen LogP contribution in [0.1, 0.15) is 0 Å². The molecule has 0 radical (unpaired) electrons. The number of sulfonamides is 2. The number of benzene rings is 1. The van der Waals surface area contributed by atoms with Gasteiger partial charge in [-0.3, -0.25) is 4.31 Å². The second kappa shape index (κ2) is 7.16. The smallest absolute Gasteiger partial charge is 0.232 e. The highest BCUT2D eigenvalue weighted by Crippen LogP contribution is 2.33. The maximum atomic E-state index is 12.0. The van der Waals surface area contributed by atoms with Gasteiger partial charge in [-0.2, -0.15) is 0 Å². The fraction of sp³-hybridized carbons (Fsp3) is 0.500. The number of nitrogens with one attached hydrogen (secondary N) is 1. The molecule has 0 saturated carbocycles. The van der Waals surface area contributed by atoms with Crippen molar-refractivity contribution in [3.05, 3.63) is 18.2 Å². The van der Waals surface area contributed by atoms with E-state index in [4.69, 9.17) is 9.47 Å². The third kappa shape index (κ3) is 5.35. The largest absolute Gasteiger partial charge is 0.497 e. The van der Waals surface area contributed by atoms with Crippen molar-refractivity contribution < 1.29 is 26.3 Å². The van der Waals surface area contributed by atoms with Crippen LogP contribution in [0.15, 0.2) is 18.2 Å². The zero-order valence-electron chi connectivity index (χ0n) is 12.9. The monoisotopic (exact) mass is 352 g/mol. The molecule has 1 aromatic rings. The predicted molar refractivity (Wildman–Crippen MR) is 84.6 cm³/mol. The average Bonchev–Trinajstić information content (AvgIpc) is 2.40. The standard InChI is InChI=1S/C12H20N2O6S2/c1-19-10-5-6-11(12(9-10)20-2)14(22(4,17)18)8-7-13-21(3,15)16/h5-6,9,13H,7-8H2,1-4H3. The first-order valence-corrected chi connectivity index (χ1v) is 9.97. The van der Waals surface area contributed by atoms with Crippen molar-refractivity contribution in [2.24, 2.45) is 0 Å². The lowest BCUT2D eigenvalue weighted by molar-refractivity contribution is 0.395. The molecule has 0 fully saturated rings. The Bertz CT molecular complexity index is 715. The number of hydrogen-bond donors (Lipinski definition) is 1. The van der Waals surface area contributed by atoms with Gasteiger partial charge >= 0.3 is 0 Å². The highest BCUT2D eigenvalue weighted by molar-refractivity contribution is 7.92. The van der Waals surface area contributed by atoms with Gasteiger partial charge in [-0.25, -0.2) is 21.6 Å². The van der Waals surface area contributed by atoms with Gasteiger partial charge in [0.15, 0.2) is 0 Å². The summed E-state index contributed by atoms with van der Waals surface area (Å²) in [6.07, 6.45) is 2.04. The predicted octanol–water partition coefficient (Wildman–Crippen LogP) is 0.0190.